The van der Waals surface area contributed by atoms with Crippen molar-refractivity contribution >= 4 is 11.9 Å². The molecule has 0 spiro atoms. The minimum Gasteiger partial charge on any atom is -0.504 e. The Labute approximate surface area is 103 Å². The first kappa shape index (κ1) is 15.7. The van der Waals surface area contributed by atoms with E-state index in [0.29, 0.717) is 5.56 Å². The zero-order chi connectivity index (χ0) is 14.3. The summed E-state index contributed by atoms with van der Waals surface area (Å²) in [4.78, 5) is 19.3. The van der Waals surface area contributed by atoms with E-state index in [4.69, 9.17) is 30.3 Å². The van der Waals surface area contributed by atoms with Crippen molar-refractivity contribution in [2.45, 2.75) is 19.4 Å². The van der Waals surface area contributed by atoms with Crippen molar-refractivity contribution in [1.29, 1.82) is 0 Å². The highest BCUT2D eigenvalue weighted by Gasteiger charge is 2.14. The average Bonchev–Trinajstić information content (AvgIpc) is 2.22. The molecule has 1 aromatic rings. The van der Waals surface area contributed by atoms with Crippen LogP contribution in [0.5, 0.6) is 11.5 Å². The summed E-state index contributed by atoms with van der Waals surface area (Å²) in [6.45, 7) is 1.08. The number of aliphatic hydroxyl groups is 1. The first-order valence-electron chi connectivity index (χ1n) is 4.85. The van der Waals surface area contributed by atoms with E-state index in [-0.39, 0.29) is 17.9 Å². The lowest BCUT2D eigenvalue weighted by molar-refractivity contribution is -0.146. The summed E-state index contributed by atoms with van der Waals surface area (Å²) in [5, 5.41) is 42.8. The molecule has 0 aliphatic rings. The van der Waals surface area contributed by atoms with Crippen molar-refractivity contribution in [2.24, 2.45) is 0 Å². The maximum absolute atomic E-state index is 10.3. The molecule has 5 N–H and O–H groups in total. The fourth-order valence-corrected chi connectivity index (χ4v) is 1.01. The summed E-state index contributed by atoms with van der Waals surface area (Å²) in [5.41, 5.74) is 0.440. The van der Waals surface area contributed by atoms with Gasteiger partial charge in [-0.2, -0.15) is 0 Å². The van der Waals surface area contributed by atoms with E-state index >= 15 is 0 Å². The molecule has 0 amide bonds. The molecule has 1 unspecified atom stereocenters. The van der Waals surface area contributed by atoms with Crippen LogP contribution in [-0.4, -0.2) is 43.6 Å². The first-order valence-corrected chi connectivity index (χ1v) is 4.85. The third kappa shape index (κ3) is 6.33. The molecule has 0 saturated heterocycles. The van der Waals surface area contributed by atoms with E-state index in [2.05, 4.69) is 0 Å². The molecule has 0 radical (unpaired) electrons. The number of carboxylic acid groups (broad SMARTS) is 2. The van der Waals surface area contributed by atoms with Crippen LogP contribution in [0.15, 0.2) is 18.2 Å². The summed E-state index contributed by atoms with van der Waals surface area (Å²) >= 11 is 0. The van der Waals surface area contributed by atoms with Crippen molar-refractivity contribution in [3.05, 3.63) is 23.8 Å². The molecular weight excluding hydrogens is 244 g/mol. The Kier molecular flexibility index (Phi) is 6.22. The Morgan fingerprint density at radius 3 is 2.06 bits per heavy atom. The maximum atomic E-state index is 10.3. The second kappa shape index (κ2) is 7.13. The Hall–Kier alpha value is -2.28. The lowest BCUT2D eigenvalue weighted by Crippen LogP contribution is -2.21. The quantitative estimate of drug-likeness (QED) is 0.488. The van der Waals surface area contributed by atoms with Gasteiger partial charge in [-0.3, -0.25) is 4.79 Å². The minimum atomic E-state index is -1.50. The standard InChI is InChI=1S/C9H10O5.C2H4O2/c10-6-2-1-5(3-7(6)11)4-8(12)9(13)14;1-2(3)4/h1-3,8,10-12H,4H2,(H,13,14);1H3,(H,3,4). The normalized spacial score (nSPS) is 11.0. The number of carbonyl (C=O) groups is 2. The van der Waals surface area contributed by atoms with E-state index < -0.39 is 18.0 Å². The molecule has 18 heavy (non-hydrogen) atoms. The number of benzene rings is 1. The van der Waals surface area contributed by atoms with E-state index in [1.54, 1.807) is 0 Å². The van der Waals surface area contributed by atoms with Crippen molar-refractivity contribution in [3.8, 4) is 11.5 Å². The van der Waals surface area contributed by atoms with Gasteiger partial charge >= 0.3 is 5.97 Å². The molecule has 1 atom stereocenters. The van der Waals surface area contributed by atoms with Gasteiger partial charge in [0.05, 0.1) is 0 Å². The van der Waals surface area contributed by atoms with E-state index in [0.717, 1.165) is 6.92 Å². The topological polar surface area (TPSA) is 135 Å². The van der Waals surface area contributed by atoms with Crippen molar-refractivity contribution < 1.29 is 35.1 Å². The Morgan fingerprint density at radius 1 is 1.17 bits per heavy atom. The summed E-state index contributed by atoms with van der Waals surface area (Å²) in [6.07, 6.45) is -1.61. The van der Waals surface area contributed by atoms with Crippen LogP contribution in [0.1, 0.15) is 12.5 Å². The van der Waals surface area contributed by atoms with Gasteiger partial charge in [0.25, 0.3) is 5.97 Å². The Balaban J connectivity index is 0.000000631. The number of phenolic OH excluding ortho intramolecular Hbond substituents is 2. The predicted octanol–water partition coefficient (Wildman–Crippen LogP) is 0.177. The van der Waals surface area contributed by atoms with Crippen LogP contribution in [0.3, 0.4) is 0 Å². The van der Waals surface area contributed by atoms with Gasteiger partial charge in [0, 0.05) is 13.3 Å². The number of phenols is 2. The van der Waals surface area contributed by atoms with Crippen LogP contribution in [0, 0.1) is 0 Å². The SMILES string of the molecule is CC(=O)O.O=C(O)C(O)Cc1ccc(O)c(O)c1. The van der Waals surface area contributed by atoms with Crippen LogP contribution in [0.2, 0.25) is 0 Å². The number of aliphatic hydroxyl groups excluding tert-OH is 1. The number of aliphatic carboxylic acids is 2. The molecule has 0 aromatic heterocycles. The molecule has 7 nitrogen and oxygen atoms in total. The third-order valence-corrected chi connectivity index (χ3v) is 1.75. The molecule has 1 rings (SSSR count). The second-order valence-electron chi connectivity index (χ2n) is 3.40. The molecule has 0 saturated carbocycles. The zero-order valence-electron chi connectivity index (χ0n) is 9.57. The average molecular weight is 258 g/mol. The van der Waals surface area contributed by atoms with Crippen LogP contribution >= 0.6 is 0 Å². The Bertz CT molecular complexity index is 423. The lowest BCUT2D eigenvalue weighted by atomic mass is 10.1. The largest absolute Gasteiger partial charge is 0.504 e. The van der Waals surface area contributed by atoms with E-state index in [1.165, 1.54) is 18.2 Å². The monoisotopic (exact) mass is 258 g/mol. The smallest absolute Gasteiger partial charge is 0.332 e. The molecular formula is C11H14O7. The van der Waals surface area contributed by atoms with Gasteiger partial charge in [-0.1, -0.05) is 6.07 Å². The number of hydrogen-bond acceptors (Lipinski definition) is 5. The van der Waals surface area contributed by atoms with Gasteiger partial charge in [-0.15, -0.1) is 0 Å². The van der Waals surface area contributed by atoms with Gasteiger partial charge in [-0.05, 0) is 17.7 Å². The molecule has 0 fully saturated rings. The molecule has 0 bridgehead atoms. The number of aromatic hydroxyl groups is 2. The number of carboxylic acids is 2. The first-order chi connectivity index (χ1) is 8.23. The van der Waals surface area contributed by atoms with E-state index in [1.807, 2.05) is 0 Å². The van der Waals surface area contributed by atoms with Crippen LogP contribution in [0.25, 0.3) is 0 Å². The number of hydrogen-bond donors (Lipinski definition) is 5. The second-order valence-corrected chi connectivity index (χ2v) is 3.40. The van der Waals surface area contributed by atoms with Crippen molar-refractivity contribution in [3.63, 3.8) is 0 Å². The highest BCUT2D eigenvalue weighted by atomic mass is 16.4. The molecule has 0 aliphatic carbocycles. The number of rotatable bonds is 3. The summed E-state index contributed by atoms with van der Waals surface area (Å²) in [5.74, 6) is -2.77. The third-order valence-electron chi connectivity index (χ3n) is 1.75. The van der Waals surface area contributed by atoms with Crippen LogP contribution < -0.4 is 0 Å². The molecule has 100 valence electrons. The lowest BCUT2D eigenvalue weighted by Gasteiger charge is -2.06. The zero-order valence-corrected chi connectivity index (χ0v) is 9.57. The Morgan fingerprint density at radius 2 is 1.67 bits per heavy atom. The van der Waals surface area contributed by atoms with Crippen LogP contribution in [0.4, 0.5) is 0 Å². The molecule has 0 heterocycles. The van der Waals surface area contributed by atoms with Gasteiger partial charge in [0.1, 0.15) is 0 Å². The summed E-state index contributed by atoms with van der Waals surface area (Å²) in [6, 6.07) is 3.88. The molecule has 0 aliphatic heterocycles. The molecule has 1 aromatic carbocycles. The maximum Gasteiger partial charge on any atom is 0.332 e. The summed E-state index contributed by atoms with van der Waals surface area (Å²) in [7, 11) is 0. The van der Waals surface area contributed by atoms with Gasteiger partial charge in [0.15, 0.2) is 17.6 Å². The van der Waals surface area contributed by atoms with Gasteiger partial charge in [0.2, 0.25) is 0 Å². The molecule has 7 heteroatoms. The summed E-state index contributed by atoms with van der Waals surface area (Å²) < 4.78 is 0. The highest BCUT2D eigenvalue weighted by Crippen LogP contribution is 2.25. The fourth-order valence-electron chi connectivity index (χ4n) is 1.01. The predicted molar refractivity (Wildman–Crippen MR) is 60.4 cm³/mol. The van der Waals surface area contributed by atoms with Gasteiger partial charge in [-0.25, -0.2) is 4.79 Å². The van der Waals surface area contributed by atoms with E-state index in [9.17, 15) is 4.79 Å². The van der Waals surface area contributed by atoms with Crippen molar-refractivity contribution in [2.75, 3.05) is 0 Å². The fraction of sp³-hybridized carbons (Fsp3) is 0.273. The van der Waals surface area contributed by atoms with Crippen LogP contribution in [-0.2, 0) is 16.0 Å². The minimum absolute atomic E-state index is 0.108. The highest BCUT2D eigenvalue weighted by molar-refractivity contribution is 5.72. The van der Waals surface area contributed by atoms with Crippen molar-refractivity contribution in [1.82, 2.24) is 0 Å². The van der Waals surface area contributed by atoms with Gasteiger partial charge < -0.3 is 25.5 Å².